The number of fused-ring (bicyclic) bond motifs is 1. The lowest BCUT2D eigenvalue weighted by atomic mass is 9.92. The van der Waals surface area contributed by atoms with Crippen molar-refractivity contribution in [2.24, 2.45) is 11.8 Å². The number of thiophene rings is 1. The molecule has 4 rings (SSSR count). The van der Waals surface area contributed by atoms with E-state index >= 15 is 0 Å². The van der Waals surface area contributed by atoms with Gasteiger partial charge in [-0.05, 0) is 61.6 Å². The normalized spacial score (nSPS) is 30.1. The van der Waals surface area contributed by atoms with E-state index in [-0.39, 0.29) is 5.92 Å². The van der Waals surface area contributed by atoms with Crippen LogP contribution in [0.25, 0.3) is 0 Å². The van der Waals surface area contributed by atoms with Gasteiger partial charge in [0, 0.05) is 18.0 Å². The molecule has 1 aliphatic carbocycles. The van der Waals surface area contributed by atoms with E-state index in [1.807, 2.05) is 11.3 Å². The molecular formula is C16H22N2OS. The predicted molar refractivity (Wildman–Crippen MR) is 80.8 cm³/mol. The van der Waals surface area contributed by atoms with Crippen molar-refractivity contribution >= 4 is 17.2 Å². The molecule has 1 saturated heterocycles. The number of carbonyl (C=O) groups excluding carboxylic acids is 1. The summed E-state index contributed by atoms with van der Waals surface area (Å²) in [6.45, 7) is 2.89. The molecule has 0 aromatic carbocycles. The molecule has 1 unspecified atom stereocenters. The molecule has 2 fully saturated rings. The van der Waals surface area contributed by atoms with Crippen molar-refractivity contribution in [2.75, 3.05) is 19.6 Å². The first-order valence-corrected chi connectivity index (χ1v) is 8.80. The number of rotatable bonds is 2. The molecule has 20 heavy (non-hydrogen) atoms. The largest absolute Gasteiger partial charge is 0.335 e. The molecule has 4 heteroatoms. The van der Waals surface area contributed by atoms with E-state index in [1.54, 1.807) is 0 Å². The Morgan fingerprint density at radius 2 is 2.25 bits per heavy atom. The average Bonchev–Trinajstić information content (AvgIpc) is 3.23. The Morgan fingerprint density at radius 3 is 3.00 bits per heavy atom. The molecule has 0 spiro atoms. The molecule has 1 aromatic rings. The van der Waals surface area contributed by atoms with Gasteiger partial charge in [0.1, 0.15) is 0 Å². The van der Waals surface area contributed by atoms with Gasteiger partial charge in [-0.25, -0.2) is 0 Å². The zero-order valence-corrected chi connectivity index (χ0v) is 12.6. The SMILES string of the molecule is O=C([C@@H]1CCCNC1)N1CCc2sccc2C1C1CC1. The third-order valence-corrected chi connectivity index (χ3v) is 6.01. The van der Waals surface area contributed by atoms with Crippen molar-refractivity contribution in [1.29, 1.82) is 0 Å². The second-order valence-corrected chi connectivity index (χ2v) is 7.41. The van der Waals surface area contributed by atoms with Gasteiger partial charge in [-0.15, -0.1) is 11.3 Å². The Hall–Kier alpha value is -0.870. The maximum absolute atomic E-state index is 12.9. The van der Waals surface area contributed by atoms with Crippen LogP contribution in [0.1, 0.15) is 42.2 Å². The minimum Gasteiger partial charge on any atom is -0.335 e. The van der Waals surface area contributed by atoms with Crippen LogP contribution in [0.2, 0.25) is 0 Å². The molecule has 108 valence electrons. The summed E-state index contributed by atoms with van der Waals surface area (Å²) in [5.41, 5.74) is 1.46. The number of hydrogen-bond donors (Lipinski definition) is 1. The van der Waals surface area contributed by atoms with Gasteiger partial charge in [0.25, 0.3) is 0 Å². The zero-order valence-electron chi connectivity index (χ0n) is 11.8. The maximum atomic E-state index is 12.9. The van der Waals surface area contributed by atoms with E-state index in [4.69, 9.17) is 0 Å². The Morgan fingerprint density at radius 1 is 1.35 bits per heavy atom. The smallest absolute Gasteiger partial charge is 0.227 e. The standard InChI is InChI=1S/C16H22N2OS/c19-16(12-2-1-7-17-10-12)18-8-5-14-13(6-9-20-14)15(18)11-3-4-11/h6,9,11-12,15,17H,1-5,7-8,10H2/t12-,15?/m1/s1. The molecule has 3 heterocycles. The number of piperidine rings is 1. The van der Waals surface area contributed by atoms with Crippen LogP contribution in [-0.4, -0.2) is 30.4 Å². The van der Waals surface area contributed by atoms with Crippen molar-refractivity contribution in [2.45, 2.75) is 38.1 Å². The summed E-state index contributed by atoms with van der Waals surface area (Å²) in [6, 6.07) is 2.65. The first kappa shape index (κ1) is 12.8. The summed E-state index contributed by atoms with van der Waals surface area (Å²) < 4.78 is 0. The minimum absolute atomic E-state index is 0.213. The molecule has 3 nitrogen and oxygen atoms in total. The summed E-state index contributed by atoms with van der Waals surface area (Å²) in [6.07, 6.45) is 5.86. The number of carbonyl (C=O) groups is 1. The molecule has 0 bridgehead atoms. The Bertz CT molecular complexity index is 502. The average molecular weight is 290 g/mol. The highest BCUT2D eigenvalue weighted by Crippen LogP contribution is 2.48. The third-order valence-electron chi connectivity index (χ3n) is 5.01. The predicted octanol–water partition coefficient (Wildman–Crippen LogP) is 2.58. The third kappa shape index (κ3) is 2.19. The van der Waals surface area contributed by atoms with Crippen molar-refractivity contribution in [3.8, 4) is 0 Å². The van der Waals surface area contributed by atoms with E-state index in [0.717, 1.165) is 44.8 Å². The summed E-state index contributed by atoms with van der Waals surface area (Å²) in [4.78, 5) is 16.7. The van der Waals surface area contributed by atoms with Gasteiger partial charge in [-0.2, -0.15) is 0 Å². The Kier molecular flexibility index (Phi) is 3.31. The van der Waals surface area contributed by atoms with Crippen LogP contribution in [0, 0.1) is 11.8 Å². The first-order valence-electron chi connectivity index (χ1n) is 7.92. The van der Waals surface area contributed by atoms with Crippen LogP contribution in [0.3, 0.4) is 0 Å². The summed E-state index contributed by atoms with van der Waals surface area (Å²) in [7, 11) is 0. The maximum Gasteiger partial charge on any atom is 0.227 e. The highest BCUT2D eigenvalue weighted by Gasteiger charge is 2.43. The summed E-state index contributed by atoms with van der Waals surface area (Å²) in [5, 5.41) is 5.59. The number of hydrogen-bond acceptors (Lipinski definition) is 3. The highest BCUT2D eigenvalue weighted by molar-refractivity contribution is 7.10. The van der Waals surface area contributed by atoms with Gasteiger partial charge in [-0.3, -0.25) is 4.79 Å². The van der Waals surface area contributed by atoms with Crippen LogP contribution >= 0.6 is 11.3 Å². The zero-order chi connectivity index (χ0) is 13.5. The van der Waals surface area contributed by atoms with Gasteiger partial charge in [-0.1, -0.05) is 0 Å². The van der Waals surface area contributed by atoms with E-state index in [9.17, 15) is 4.79 Å². The van der Waals surface area contributed by atoms with Crippen LogP contribution in [0.15, 0.2) is 11.4 Å². The Balaban J connectivity index is 1.59. The monoisotopic (exact) mass is 290 g/mol. The van der Waals surface area contributed by atoms with Crippen molar-refractivity contribution < 1.29 is 4.79 Å². The summed E-state index contributed by atoms with van der Waals surface area (Å²) in [5.74, 6) is 1.35. The topological polar surface area (TPSA) is 32.3 Å². The fourth-order valence-electron chi connectivity index (χ4n) is 3.81. The molecule has 2 atom stereocenters. The molecular weight excluding hydrogens is 268 g/mol. The van der Waals surface area contributed by atoms with E-state index in [1.165, 1.54) is 23.3 Å². The van der Waals surface area contributed by atoms with E-state index in [2.05, 4.69) is 21.7 Å². The fraction of sp³-hybridized carbons (Fsp3) is 0.688. The molecule has 1 aromatic heterocycles. The molecule has 1 N–H and O–H groups in total. The van der Waals surface area contributed by atoms with Crippen molar-refractivity contribution in [3.05, 3.63) is 21.9 Å². The first-order chi connectivity index (χ1) is 9.84. The van der Waals surface area contributed by atoms with Crippen LogP contribution in [0.5, 0.6) is 0 Å². The van der Waals surface area contributed by atoms with Gasteiger partial charge >= 0.3 is 0 Å². The Labute approximate surface area is 124 Å². The van der Waals surface area contributed by atoms with Gasteiger partial charge in [0.05, 0.1) is 12.0 Å². The van der Waals surface area contributed by atoms with Crippen LogP contribution in [0.4, 0.5) is 0 Å². The molecule has 1 saturated carbocycles. The van der Waals surface area contributed by atoms with Gasteiger partial charge in [0.15, 0.2) is 0 Å². The summed E-state index contributed by atoms with van der Waals surface area (Å²) >= 11 is 1.87. The lowest BCUT2D eigenvalue weighted by molar-refractivity contribution is -0.139. The quantitative estimate of drug-likeness (QED) is 0.908. The number of amides is 1. The lowest BCUT2D eigenvalue weighted by Crippen LogP contribution is -2.47. The number of nitrogens with zero attached hydrogens (tertiary/aromatic N) is 1. The second kappa shape index (κ2) is 5.15. The number of nitrogens with one attached hydrogen (secondary N) is 1. The van der Waals surface area contributed by atoms with Gasteiger partial charge in [0.2, 0.25) is 5.91 Å². The molecule has 3 aliphatic rings. The highest BCUT2D eigenvalue weighted by atomic mass is 32.1. The molecule has 2 aliphatic heterocycles. The van der Waals surface area contributed by atoms with E-state index < -0.39 is 0 Å². The van der Waals surface area contributed by atoms with E-state index in [0.29, 0.717) is 11.9 Å². The van der Waals surface area contributed by atoms with Crippen molar-refractivity contribution in [1.82, 2.24) is 10.2 Å². The fourth-order valence-corrected chi connectivity index (χ4v) is 4.72. The molecule has 1 amide bonds. The minimum atomic E-state index is 0.213. The van der Waals surface area contributed by atoms with Gasteiger partial charge < -0.3 is 10.2 Å². The van der Waals surface area contributed by atoms with Crippen LogP contribution < -0.4 is 5.32 Å². The van der Waals surface area contributed by atoms with Crippen LogP contribution in [-0.2, 0) is 11.2 Å². The molecule has 0 radical (unpaired) electrons. The lowest BCUT2D eigenvalue weighted by Gasteiger charge is -2.39. The van der Waals surface area contributed by atoms with Crippen molar-refractivity contribution in [3.63, 3.8) is 0 Å². The second-order valence-electron chi connectivity index (χ2n) is 6.41.